The van der Waals surface area contributed by atoms with Crippen LogP contribution >= 0.6 is 0 Å². The van der Waals surface area contributed by atoms with Gasteiger partial charge in [-0.1, -0.05) is 13.8 Å². The maximum atomic E-state index is 13.1. The second-order valence-electron chi connectivity index (χ2n) is 3.85. The highest BCUT2D eigenvalue weighted by molar-refractivity contribution is 5.48. The molecule has 0 aliphatic carbocycles. The van der Waals surface area contributed by atoms with E-state index in [2.05, 4.69) is 19.2 Å². The Morgan fingerprint density at radius 1 is 1.25 bits per heavy atom. The molecular formula is C12H18F2N2. The molecule has 3 N–H and O–H groups in total. The summed E-state index contributed by atoms with van der Waals surface area (Å²) in [4.78, 5) is 0. The van der Waals surface area contributed by atoms with Crippen LogP contribution in [0.3, 0.4) is 0 Å². The Labute approximate surface area is 94.8 Å². The molecule has 1 aromatic carbocycles. The molecule has 0 radical (unpaired) electrons. The van der Waals surface area contributed by atoms with E-state index in [9.17, 15) is 8.78 Å². The molecule has 0 aliphatic heterocycles. The quantitative estimate of drug-likeness (QED) is 0.760. The Morgan fingerprint density at radius 2 is 1.88 bits per heavy atom. The normalized spacial score (nSPS) is 11.1. The van der Waals surface area contributed by atoms with Gasteiger partial charge in [0.25, 0.3) is 0 Å². The van der Waals surface area contributed by atoms with Crippen molar-refractivity contribution in [1.82, 2.24) is 5.32 Å². The van der Waals surface area contributed by atoms with Gasteiger partial charge < -0.3 is 11.1 Å². The first-order valence-corrected chi connectivity index (χ1v) is 5.55. The Morgan fingerprint density at radius 3 is 2.44 bits per heavy atom. The highest BCUT2D eigenvalue weighted by Crippen LogP contribution is 2.18. The van der Waals surface area contributed by atoms with Crippen LogP contribution in [0, 0.1) is 11.6 Å². The summed E-state index contributed by atoms with van der Waals surface area (Å²) in [6.07, 6.45) is 1.96. The maximum absolute atomic E-state index is 13.1. The molecule has 16 heavy (non-hydrogen) atoms. The standard InChI is InChI=1S/C12H18F2N2/c1-3-10(4-2)16-7-8-5-9(13)6-11(14)12(8)15/h5-6,10,16H,3-4,7,15H2,1-2H3. The van der Waals surface area contributed by atoms with Gasteiger partial charge in [0.1, 0.15) is 11.6 Å². The molecule has 0 bridgehead atoms. The first-order chi connectivity index (χ1) is 7.58. The van der Waals surface area contributed by atoms with Crippen molar-refractivity contribution in [3.8, 4) is 0 Å². The minimum Gasteiger partial charge on any atom is -0.396 e. The van der Waals surface area contributed by atoms with Gasteiger partial charge in [0, 0.05) is 18.7 Å². The van der Waals surface area contributed by atoms with Crippen molar-refractivity contribution in [2.24, 2.45) is 0 Å². The van der Waals surface area contributed by atoms with Gasteiger partial charge in [-0.3, -0.25) is 0 Å². The molecule has 0 fully saturated rings. The van der Waals surface area contributed by atoms with E-state index in [1.165, 1.54) is 6.07 Å². The molecule has 0 atom stereocenters. The van der Waals surface area contributed by atoms with E-state index in [4.69, 9.17) is 5.73 Å². The van der Waals surface area contributed by atoms with Crippen LogP contribution in [0.15, 0.2) is 12.1 Å². The van der Waals surface area contributed by atoms with Crippen LogP contribution in [-0.4, -0.2) is 6.04 Å². The fraction of sp³-hybridized carbons (Fsp3) is 0.500. The van der Waals surface area contributed by atoms with Crippen LogP contribution in [0.2, 0.25) is 0 Å². The molecule has 1 aromatic rings. The fourth-order valence-corrected chi connectivity index (χ4v) is 1.62. The number of anilines is 1. The molecule has 0 aromatic heterocycles. The molecule has 0 heterocycles. The van der Waals surface area contributed by atoms with Crippen LogP contribution in [0.1, 0.15) is 32.3 Å². The Bertz CT molecular complexity index is 349. The van der Waals surface area contributed by atoms with Gasteiger partial charge >= 0.3 is 0 Å². The van der Waals surface area contributed by atoms with Crippen LogP contribution < -0.4 is 11.1 Å². The smallest absolute Gasteiger partial charge is 0.149 e. The van der Waals surface area contributed by atoms with Gasteiger partial charge in [-0.05, 0) is 24.5 Å². The average Bonchev–Trinajstić information content (AvgIpc) is 2.26. The lowest BCUT2D eigenvalue weighted by molar-refractivity contribution is 0.482. The molecule has 0 saturated heterocycles. The maximum Gasteiger partial charge on any atom is 0.149 e. The molecule has 0 amide bonds. The van der Waals surface area contributed by atoms with Crippen molar-refractivity contribution < 1.29 is 8.78 Å². The topological polar surface area (TPSA) is 38.0 Å². The third-order valence-corrected chi connectivity index (χ3v) is 2.75. The first-order valence-electron chi connectivity index (χ1n) is 5.55. The second-order valence-corrected chi connectivity index (χ2v) is 3.85. The predicted octanol–water partition coefficient (Wildman–Crippen LogP) is 2.83. The molecule has 0 aliphatic rings. The summed E-state index contributed by atoms with van der Waals surface area (Å²) in [5.41, 5.74) is 6.04. The minimum absolute atomic E-state index is 0.0276. The van der Waals surface area contributed by atoms with Gasteiger partial charge in [-0.15, -0.1) is 0 Å². The van der Waals surface area contributed by atoms with Crippen LogP contribution in [-0.2, 0) is 6.54 Å². The van der Waals surface area contributed by atoms with Crippen molar-refractivity contribution in [3.63, 3.8) is 0 Å². The van der Waals surface area contributed by atoms with Gasteiger partial charge in [0.2, 0.25) is 0 Å². The lowest BCUT2D eigenvalue weighted by atomic mass is 10.1. The van der Waals surface area contributed by atoms with Crippen molar-refractivity contribution in [2.75, 3.05) is 5.73 Å². The largest absolute Gasteiger partial charge is 0.396 e. The van der Waals surface area contributed by atoms with Crippen molar-refractivity contribution in [2.45, 2.75) is 39.3 Å². The molecule has 2 nitrogen and oxygen atoms in total. The SMILES string of the molecule is CCC(CC)NCc1cc(F)cc(F)c1N. The molecular weight excluding hydrogens is 210 g/mol. The van der Waals surface area contributed by atoms with E-state index < -0.39 is 11.6 Å². The van der Waals surface area contributed by atoms with Gasteiger partial charge in [-0.25, -0.2) is 8.78 Å². The lowest BCUT2D eigenvalue weighted by Crippen LogP contribution is -2.27. The highest BCUT2D eigenvalue weighted by atomic mass is 19.1. The van der Waals surface area contributed by atoms with E-state index in [-0.39, 0.29) is 5.69 Å². The van der Waals surface area contributed by atoms with E-state index >= 15 is 0 Å². The summed E-state index contributed by atoms with van der Waals surface area (Å²) in [6, 6.07) is 2.43. The van der Waals surface area contributed by atoms with Gasteiger partial charge in [0.15, 0.2) is 0 Å². The zero-order valence-electron chi connectivity index (χ0n) is 9.69. The number of nitrogens with one attached hydrogen (secondary N) is 1. The summed E-state index contributed by atoms with van der Waals surface area (Å²) in [5.74, 6) is -1.28. The number of halogens is 2. The van der Waals surface area contributed by atoms with Crippen LogP contribution in [0.5, 0.6) is 0 Å². The van der Waals surface area contributed by atoms with Crippen molar-refractivity contribution in [3.05, 3.63) is 29.3 Å². The Balaban J connectivity index is 2.73. The third kappa shape index (κ3) is 3.17. The Hall–Kier alpha value is -1.16. The van der Waals surface area contributed by atoms with Crippen molar-refractivity contribution in [1.29, 1.82) is 0 Å². The minimum atomic E-state index is -0.693. The number of benzene rings is 1. The monoisotopic (exact) mass is 228 g/mol. The molecule has 1 rings (SSSR count). The van der Waals surface area contributed by atoms with E-state index in [1.54, 1.807) is 0 Å². The predicted molar refractivity (Wildman–Crippen MR) is 62.0 cm³/mol. The summed E-state index contributed by atoms with van der Waals surface area (Å²) in [5, 5.41) is 3.22. The highest BCUT2D eigenvalue weighted by Gasteiger charge is 2.09. The summed E-state index contributed by atoms with van der Waals surface area (Å²) in [7, 11) is 0. The summed E-state index contributed by atoms with van der Waals surface area (Å²) >= 11 is 0. The van der Waals surface area contributed by atoms with Crippen LogP contribution in [0.25, 0.3) is 0 Å². The number of hydrogen-bond acceptors (Lipinski definition) is 2. The molecule has 90 valence electrons. The summed E-state index contributed by atoms with van der Waals surface area (Å²) in [6.45, 7) is 4.53. The molecule has 0 saturated carbocycles. The summed E-state index contributed by atoms with van der Waals surface area (Å²) < 4.78 is 26.1. The first kappa shape index (κ1) is 12.9. The third-order valence-electron chi connectivity index (χ3n) is 2.75. The molecule has 4 heteroatoms. The second kappa shape index (κ2) is 5.80. The molecule has 0 spiro atoms. The van der Waals surface area contributed by atoms with E-state index in [0.717, 1.165) is 18.9 Å². The molecule has 0 unspecified atom stereocenters. The van der Waals surface area contributed by atoms with Crippen LogP contribution in [0.4, 0.5) is 14.5 Å². The number of nitrogen functional groups attached to an aromatic ring is 1. The van der Waals surface area contributed by atoms with Gasteiger partial charge in [0.05, 0.1) is 5.69 Å². The zero-order chi connectivity index (χ0) is 12.1. The fourth-order valence-electron chi connectivity index (χ4n) is 1.62. The van der Waals surface area contributed by atoms with Gasteiger partial charge in [-0.2, -0.15) is 0 Å². The number of rotatable bonds is 5. The zero-order valence-corrected chi connectivity index (χ0v) is 9.69. The van der Waals surface area contributed by atoms with Crippen molar-refractivity contribution >= 4 is 5.69 Å². The number of nitrogens with two attached hydrogens (primary N) is 1. The van der Waals surface area contributed by atoms with E-state index in [1.807, 2.05) is 0 Å². The van der Waals surface area contributed by atoms with E-state index in [0.29, 0.717) is 18.2 Å². The Kier molecular flexibility index (Phi) is 4.68. The number of hydrogen-bond donors (Lipinski definition) is 2. The lowest BCUT2D eigenvalue weighted by Gasteiger charge is -2.15. The average molecular weight is 228 g/mol.